The summed E-state index contributed by atoms with van der Waals surface area (Å²) in [5, 5.41) is 16.7. The molecule has 170 valence electrons. The number of benzene rings is 3. The fraction of sp³-hybridized carbons (Fsp3) is 0.115. The minimum Gasteiger partial charge on any atom is -0.489 e. The number of nitriles is 1. The minimum absolute atomic E-state index is 0.00982. The lowest BCUT2D eigenvalue weighted by molar-refractivity contribution is 0.102. The highest BCUT2D eigenvalue weighted by molar-refractivity contribution is 6.31. The molecule has 0 saturated heterocycles. The molecular weight excluding hydrogens is 455 g/mol. The van der Waals surface area contributed by atoms with Crippen molar-refractivity contribution in [3.63, 3.8) is 0 Å². The number of hydrogen-bond donors (Lipinski definition) is 1. The molecule has 1 amide bonds. The van der Waals surface area contributed by atoms with Gasteiger partial charge in [-0.3, -0.25) is 4.79 Å². The maximum absolute atomic E-state index is 14.0. The first-order chi connectivity index (χ1) is 16.4. The second-order valence-electron chi connectivity index (χ2n) is 7.63. The normalized spacial score (nSPS) is 10.6. The van der Waals surface area contributed by atoms with Gasteiger partial charge in [-0.15, -0.1) is 0 Å². The maximum atomic E-state index is 14.0. The molecule has 0 aliphatic rings. The van der Waals surface area contributed by atoms with Gasteiger partial charge in [0.1, 0.15) is 18.2 Å². The van der Waals surface area contributed by atoms with Gasteiger partial charge in [0.05, 0.1) is 33.7 Å². The van der Waals surface area contributed by atoms with Crippen molar-refractivity contribution in [2.75, 3.05) is 5.32 Å². The standard InChI is InChI=1S/C26H20ClFN4O2/c1-16-25(27)17(2)32(31-16)22-9-7-21(8-10-22)30-26(33)19-5-11-23(12-6-19)34-15-20-4-3-18(14-29)13-24(20)28/h3-13H,15H2,1-2H3,(H,30,33). The van der Waals surface area contributed by atoms with E-state index in [1.54, 1.807) is 41.1 Å². The molecule has 3 aromatic carbocycles. The molecule has 1 N–H and O–H groups in total. The first-order valence-electron chi connectivity index (χ1n) is 10.4. The molecule has 0 spiro atoms. The highest BCUT2D eigenvalue weighted by atomic mass is 35.5. The number of nitrogens with zero attached hydrogens (tertiary/aromatic N) is 3. The van der Waals surface area contributed by atoms with Crippen molar-refractivity contribution in [1.29, 1.82) is 5.26 Å². The summed E-state index contributed by atoms with van der Waals surface area (Å²) in [5.74, 6) is -0.276. The number of aryl methyl sites for hydroxylation is 1. The number of rotatable bonds is 6. The number of carbonyl (C=O) groups is 1. The van der Waals surface area contributed by atoms with Gasteiger partial charge in [-0.2, -0.15) is 10.4 Å². The quantitative estimate of drug-likeness (QED) is 0.372. The van der Waals surface area contributed by atoms with Crippen molar-refractivity contribution in [2.24, 2.45) is 0 Å². The van der Waals surface area contributed by atoms with E-state index in [0.29, 0.717) is 27.6 Å². The van der Waals surface area contributed by atoms with Crippen LogP contribution in [-0.4, -0.2) is 15.7 Å². The van der Waals surface area contributed by atoms with E-state index in [4.69, 9.17) is 21.6 Å². The molecule has 34 heavy (non-hydrogen) atoms. The van der Waals surface area contributed by atoms with Crippen molar-refractivity contribution in [1.82, 2.24) is 9.78 Å². The summed E-state index contributed by atoms with van der Waals surface area (Å²) in [7, 11) is 0. The molecule has 1 heterocycles. The maximum Gasteiger partial charge on any atom is 0.255 e. The van der Waals surface area contributed by atoms with Crippen LogP contribution < -0.4 is 10.1 Å². The van der Waals surface area contributed by atoms with Crippen LogP contribution in [0.2, 0.25) is 5.02 Å². The van der Waals surface area contributed by atoms with Crippen LogP contribution in [0.25, 0.3) is 5.69 Å². The highest BCUT2D eigenvalue weighted by Crippen LogP contribution is 2.23. The zero-order valence-corrected chi connectivity index (χ0v) is 19.2. The lowest BCUT2D eigenvalue weighted by Crippen LogP contribution is -2.12. The number of hydrogen-bond acceptors (Lipinski definition) is 4. The van der Waals surface area contributed by atoms with Gasteiger partial charge in [0.15, 0.2) is 0 Å². The smallest absolute Gasteiger partial charge is 0.255 e. The largest absolute Gasteiger partial charge is 0.489 e. The van der Waals surface area contributed by atoms with Crippen LogP contribution in [0.1, 0.15) is 32.9 Å². The number of ether oxygens (including phenoxy) is 1. The van der Waals surface area contributed by atoms with Gasteiger partial charge in [-0.1, -0.05) is 17.7 Å². The Morgan fingerprint density at radius 2 is 1.82 bits per heavy atom. The van der Waals surface area contributed by atoms with Crippen LogP contribution in [0.5, 0.6) is 5.75 Å². The Labute approximate surface area is 201 Å². The number of nitrogens with one attached hydrogen (secondary N) is 1. The molecule has 4 aromatic rings. The molecule has 8 heteroatoms. The van der Waals surface area contributed by atoms with E-state index < -0.39 is 5.82 Å². The zero-order valence-electron chi connectivity index (χ0n) is 18.5. The summed E-state index contributed by atoms with van der Waals surface area (Å²) in [5.41, 5.74) is 4.12. The Kier molecular flexibility index (Phi) is 6.62. The van der Waals surface area contributed by atoms with Crippen molar-refractivity contribution in [3.05, 3.63) is 106 Å². The average molecular weight is 475 g/mol. The van der Waals surface area contributed by atoms with E-state index in [2.05, 4.69) is 10.4 Å². The van der Waals surface area contributed by atoms with E-state index in [9.17, 15) is 9.18 Å². The lowest BCUT2D eigenvalue weighted by Gasteiger charge is -2.10. The van der Waals surface area contributed by atoms with Gasteiger partial charge in [-0.05, 0) is 74.5 Å². The second kappa shape index (κ2) is 9.77. The van der Waals surface area contributed by atoms with Gasteiger partial charge in [0.25, 0.3) is 5.91 Å². The summed E-state index contributed by atoms with van der Waals surface area (Å²) in [4.78, 5) is 12.6. The first-order valence-corrected chi connectivity index (χ1v) is 10.8. The monoisotopic (exact) mass is 474 g/mol. The third kappa shape index (κ3) is 4.92. The Morgan fingerprint density at radius 3 is 2.41 bits per heavy atom. The van der Waals surface area contributed by atoms with Gasteiger partial charge in [0, 0.05) is 16.8 Å². The zero-order chi connectivity index (χ0) is 24.2. The summed E-state index contributed by atoms with van der Waals surface area (Å²) in [6.45, 7) is 3.75. The molecule has 0 fully saturated rings. The molecule has 4 rings (SSSR count). The van der Waals surface area contributed by atoms with Crippen LogP contribution in [-0.2, 0) is 6.61 Å². The predicted octanol–water partition coefficient (Wildman–Crippen LogP) is 5.98. The number of carbonyl (C=O) groups excluding carboxylic acids is 1. The van der Waals surface area contributed by atoms with Crippen LogP contribution in [0.3, 0.4) is 0 Å². The number of halogens is 2. The van der Waals surface area contributed by atoms with Crippen LogP contribution >= 0.6 is 11.6 Å². The topological polar surface area (TPSA) is 79.9 Å². The van der Waals surface area contributed by atoms with Crippen molar-refractivity contribution in [3.8, 4) is 17.5 Å². The Morgan fingerprint density at radius 1 is 1.12 bits per heavy atom. The summed E-state index contributed by atoms with van der Waals surface area (Å²) >= 11 is 6.22. The van der Waals surface area contributed by atoms with E-state index in [1.165, 1.54) is 18.2 Å². The van der Waals surface area contributed by atoms with Crippen LogP contribution in [0, 0.1) is 31.0 Å². The summed E-state index contributed by atoms with van der Waals surface area (Å²) in [6.07, 6.45) is 0. The van der Waals surface area contributed by atoms with Crippen molar-refractivity contribution in [2.45, 2.75) is 20.5 Å². The Hall–Kier alpha value is -4.15. The fourth-order valence-electron chi connectivity index (χ4n) is 3.36. The summed E-state index contributed by atoms with van der Waals surface area (Å²) < 4.78 is 21.3. The minimum atomic E-state index is -0.498. The van der Waals surface area contributed by atoms with E-state index >= 15 is 0 Å². The van der Waals surface area contributed by atoms with Crippen molar-refractivity contribution < 1.29 is 13.9 Å². The molecule has 0 saturated carbocycles. The molecular formula is C26H20ClFN4O2. The molecule has 0 atom stereocenters. The van der Waals surface area contributed by atoms with E-state index in [-0.39, 0.29) is 18.1 Å². The van der Waals surface area contributed by atoms with E-state index in [0.717, 1.165) is 17.1 Å². The summed E-state index contributed by atoms with van der Waals surface area (Å²) in [6, 6.07) is 20.0. The average Bonchev–Trinajstić information content (AvgIpc) is 3.11. The number of anilines is 1. The van der Waals surface area contributed by atoms with E-state index in [1.807, 2.05) is 32.0 Å². The predicted molar refractivity (Wildman–Crippen MR) is 128 cm³/mol. The molecule has 0 radical (unpaired) electrons. The third-order valence-corrected chi connectivity index (χ3v) is 5.81. The van der Waals surface area contributed by atoms with Crippen LogP contribution in [0.15, 0.2) is 66.7 Å². The van der Waals surface area contributed by atoms with Gasteiger partial charge in [-0.25, -0.2) is 9.07 Å². The SMILES string of the molecule is Cc1nn(-c2ccc(NC(=O)c3ccc(OCc4ccc(C#N)cc4F)cc3)cc2)c(C)c1Cl. The second-order valence-corrected chi connectivity index (χ2v) is 8.01. The Balaban J connectivity index is 1.37. The molecule has 1 aromatic heterocycles. The molecule has 0 aliphatic heterocycles. The highest BCUT2D eigenvalue weighted by Gasteiger charge is 2.12. The number of aromatic nitrogens is 2. The fourth-order valence-corrected chi connectivity index (χ4v) is 3.48. The lowest BCUT2D eigenvalue weighted by atomic mass is 10.1. The molecule has 6 nitrogen and oxygen atoms in total. The molecule has 0 aliphatic carbocycles. The number of amides is 1. The molecule has 0 unspecified atom stereocenters. The van der Waals surface area contributed by atoms with Crippen LogP contribution in [0.4, 0.5) is 10.1 Å². The molecule has 0 bridgehead atoms. The van der Waals surface area contributed by atoms with Gasteiger partial charge >= 0.3 is 0 Å². The van der Waals surface area contributed by atoms with Crippen molar-refractivity contribution >= 4 is 23.2 Å². The Bertz CT molecular complexity index is 1390. The third-order valence-electron chi connectivity index (χ3n) is 5.27. The van der Waals surface area contributed by atoms with Gasteiger partial charge < -0.3 is 10.1 Å². The van der Waals surface area contributed by atoms with Gasteiger partial charge in [0.2, 0.25) is 0 Å². The first kappa shape index (κ1) is 23.0.